The standard InChI is InChI=1S/C8H14F3NO/c1-6(2)4-12-5-7(3,13-6)8(9,10)11/h12H,4-5H2,1-3H3. The Bertz CT molecular complexity index is 202. The van der Waals surface area contributed by atoms with Gasteiger partial charge >= 0.3 is 6.18 Å². The second-order valence-electron chi connectivity index (χ2n) is 4.19. The van der Waals surface area contributed by atoms with E-state index in [0.717, 1.165) is 6.92 Å². The topological polar surface area (TPSA) is 21.3 Å². The summed E-state index contributed by atoms with van der Waals surface area (Å²) in [5, 5.41) is 2.73. The maximum Gasteiger partial charge on any atom is 0.418 e. The Morgan fingerprint density at radius 1 is 1.15 bits per heavy atom. The van der Waals surface area contributed by atoms with Gasteiger partial charge in [0, 0.05) is 13.1 Å². The number of morpholine rings is 1. The van der Waals surface area contributed by atoms with Gasteiger partial charge in [-0.3, -0.25) is 0 Å². The van der Waals surface area contributed by atoms with Crippen LogP contribution in [0.25, 0.3) is 0 Å². The monoisotopic (exact) mass is 197 g/mol. The van der Waals surface area contributed by atoms with Crippen molar-refractivity contribution in [2.24, 2.45) is 0 Å². The Labute approximate surface area is 75.4 Å². The molecule has 0 aromatic rings. The van der Waals surface area contributed by atoms with E-state index in [9.17, 15) is 13.2 Å². The molecule has 1 aliphatic heterocycles. The average Bonchev–Trinajstić information content (AvgIpc) is 1.80. The lowest BCUT2D eigenvalue weighted by Gasteiger charge is -2.44. The number of hydrogen-bond acceptors (Lipinski definition) is 2. The molecule has 1 atom stereocenters. The van der Waals surface area contributed by atoms with Gasteiger partial charge in [-0.25, -0.2) is 0 Å². The van der Waals surface area contributed by atoms with Crippen molar-refractivity contribution < 1.29 is 17.9 Å². The van der Waals surface area contributed by atoms with E-state index in [-0.39, 0.29) is 6.54 Å². The Balaban J connectivity index is 2.81. The van der Waals surface area contributed by atoms with Crippen LogP contribution in [0.5, 0.6) is 0 Å². The van der Waals surface area contributed by atoms with Crippen molar-refractivity contribution in [2.75, 3.05) is 13.1 Å². The van der Waals surface area contributed by atoms with Gasteiger partial charge in [-0.1, -0.05) is 0 Å². The van der Waals surface area contributed by atoms with Crippen molar-refractivity contribution in [3.63, 3.8) is 0 Å². The fourth-order valence-corrected chi connectivity index (χ4v) is 1.44. The molecule has 1 heterocycles. The van der Waals surface area contributed by atoms with Crippen LogP contribution in [-0.4, -0.2) is 30.5 Å². The molecule has 0 saturated carbocycles. The van der Waals surface area contributed by atoms with Crippen molar-refractivity contribution in [3.8, 4) is 0 Å². The number of halogens is 3. The molecular formula is C8H14F3NO. The number of ether oxygens (including phenoxy) is 1. The lowest BCUT2D eigenvalue weighted by molar-refractivity contribution is -0.306. The summed E-state index contributed by atoms with van der Waals surface area (Å²) in [4.78, 5) is 0. The van der Waals surface area contributed by atoms with Crippen LogP contribution in [0.1, 0.15) is 20.8 Å². The van der Waals surface area contributed by atoms with Gasteiger partial charge in [0.1, 0.15) is 0 Å². The summed E-state index contributed by atoms with van der Waals surface area (Å²) in [6, 6.07) is 0. The predicted octanol–water partition coefficient (Wildman–Crippen LogP) is 1.71. The van der Waals surface area contributed by atoms with E-state index >= 15 is 0 Å². The first-order valence-corrected chi connectivity index (χ1v) is 4.14. The van der Waals surface area contributed by atoms with E-state index < -0.39 is 17.4 Å². The lowest BCUT2D eigenvalue weighted by atomic mass is 9.99. The van der Waals surface area contributed by atoms with E-state index in [1.165, 1.54) is 0 Å². The van der Waals surface area contributed by atoms with E-state index in [1.807, 2.05) is 0 Å². The maximum atomic E-state index is 12.5. The minimum atomic E-state index is -4.32. The second kappa shape index (κ2) is 2.85. The number of nitrogens with one attached hydrogen (secondary N) is 1. The summed E-state index contributed by atoms with van der Waals surface area (Å²) < 4.78 is 42.5. The Kier molecular flexibility index (Phi) is 2.37. The summed E-state index contributed by atoms with van der Waals surface area (Å²) in [5.74, 6) is 0. The summed E-state index contributed by atoms with van der Waals surface area (Å²) in [5.41, 5.74) is -2.82. The molecule has 1 aliphatic rings. The highest BCUT2D eigenvalue weighted by atomic mass is 19.4. The third-order valence-electron chi connectivity index (χ3n) is 2.11. The predicted molar refractivity (Wildman–Crippen MR) is 42.5 cm³/mol. The third kappa shape index (κ3) is 2.14. The van der Waals surface area contributed by atoms with E-state index in [1.54, 1.807) is 13.8 Å². The third-order valence-corrected chi connectivity index (χ3v) is 2.11. The van der Waals surface area contributed by atoms with Crippen molar-refractivity contribution in [2.45, 2.75) is 38.1 Å². The highest BCUT2D eigenvalue weighted by Crippen LogP contribution is 2.37. The molecule has 1 unspecified atom stereocenters. The van der Waals surface area contributed by atoms with Crippen molar-refractivity contribution in [3.05, 3.63) is 0 Å². The van der Waals surface area contributed by atoms with Gasteiger partial charge in [0.15, 0.2) is 5.60 Å². The molecule has 0 aromatic carbocycles. The molecular weight excluding hydrogens is 183 g/mol. The quantitative estimate of drug-likeness (QED) is 0.638. The van der Waals surface area contributed by atoms with Crippen LogP contribution in [0.2, 0.25) is 0 Å². The fourth-order valence-electron chi connectivity index (χ4n) is 1.44. The van der Waals surface area contributed by atoms with Crippen molar-refractivity contribution in [1.82, 2.24) is 5.32 Å². The van der Waals surface area contributed by atoms with Crippen LogP contribution < -0.4 is 5.32 Å². The summed E-state index contributed by atoms with van der Waals surface area (Å²) >= 11 is 0. The lowest BCUT2D eigenvalue weighted by Crippen LogP contribution is -2.62. The normalized spacial score (nSPS) is 34.6. The molecule has 5 heteroatoms. The first-order valence-electron chi connectivity index (χ1n) is 4.14. The van der Waals surface area contributed by atoms with Crippen LogP contribution in [0, 0.1) is 0 Å². The molecule has 13 heavy (non-hydrogen) atoms. The van der Waals surface area contributed by atoms with Gasteiger partial charge in [-0.15, -0.1) is 0 Å². The largest absolute Gasteiger partial charge is 0.418 e. The zero-order chi connectivity index (χ0) is 10.3. The van der Waals surface area contributed by atoms with Gasteiger partial charge in [-0.05, 0) is 20.8 Å². The minimum absolute atomic E-state index is 0.181. The minimum Gasteiger partial charge on any atom is -0.357 e. The molecule has 1 N–H and O–H groups in total. The maximum absolute atomic E-state index is 12.5. The smallest absolute Gasteiger partial charge is 0.357 e. The zero-order valence-corrected chi connectivity index (χ0v) is 7.96. The first kappa shape index (κ1) is 10.8. The number of alkyl halides is 3. The average molecular weight is 197 g/mol. The molecule has 0 radical (unpaired) electrons. The van der Waals surface area contributed by atoms with E-state index in [4.69, 9.17) is 4.74 Å². The molecule has 1 saturated heterocycles. The molecule has 78 valence electrons. The van der Waals surface area contributed by atoms with E-state index in [2.05, 4.69) is 5.32 Å². The highest BCUT2D eigenvalue weighted by Gasteiger charge is 2.56. The van der Waals surface area contributed by atoms with Crippen molar-refractivity contribution >= 4 is 0 Å². The Morgan fingerprint density at radius 2 is 1.69 bits per heavy atom. The van der Waals surface area contributed by atoms with Crippen LogP contribution >= 0.6 is 0 Å². The van der Waals surface area contributed by atoms with Crippen molar-refractivity contribution in [1.29, 1.82) is 0 Å². The summed E-state index contributed by atoms with van der Waals surface area (Å²) in [6.07, 6.45) is -4.32. The molecule has 0 aliphatic carbocycles. The van der Waals surface area contributed by atoms with Gasteiger partial charge in [0.2, 0.25) is 0 Å². The van der Waals surface area contributed by atoms with Gasteiger partial charge < -0.3 is 10.1 Å². The molecule has 1 fully saturated rings. The first-order chi connectivity index (χ1) is 5.66. The SMILES string of the molecule is CC1(C)CNCC(C)(C(F)(F)F)O1. The zero-order valence-electron chi connectivity index (χ0n) is 7.96. The molecule has 0 bridgehead atoms. The van der Waals surface area contributed by atoms with Gasteiger partial charge in [0.25, 0.3) is 0 Å². The summed E-state index contributed by atoms with van der Waals surface area (Å²) in [6.45, 7) is 4.62. The van der Waals surface area contributed by atoms with E-state index in [0.29, 0.717) is 6.54 Å². The van der Waals surface area contributed by atoms with Crippen LogP contribution in [0.15, 0.2) is 0 Å². The van der Waals surface area contributed by atoms with Gasteiger partial charge in [-0.2, -0.15) is 13.2 Å². The Morgan fingerprint density at radius 3 is 2.00 bits per heavy atom. The van der Waals surface area contributed by atoms with Gasteiger partial charge in [0.05, 0.1) is 5.60 Å². The second-order valence-corrected chi connectivity index (χ2v) is 4.19. The summed E-state index contributed by atoms with van der Waals surface area (Å²) in [7, 11) is 0. The molecule has 2 nitrogen and oxygen atoms in total. The highest BCUT2D eigenvalue weighted by molar-refractivity contribution is 4.94. The number of hydrogen-bond donors (Lipinski definition) is 1. The van der Waals surface area contributed by atoms with Crippen LogP contribution in [0.4, 0.5) is 13.2 Å². The molecule has 0 aromatic heterocycles. The number of rotatable bonds is 0. The Hall–Kier alpha value is -0.290. The fraction of sp³-hybridized carbons (Fsp3) is 1.00. The van der Waals surface area contributed by atoms with Crippen LogP contribution in [-0.2, 0) is 4.74 Å². The molecule has 0 spiro atoms. The van der Waals surface area contributed by atoms with Crippen LogP contribution in [0.3, 0.4) is 0 Å². The molecule has 1 rings (SSSR count). The molecule has 0 amide bonds.